The number of pyridine rings is 1. The second-order valence-corrected chi connectivity index (χ2v) is 4.13. The van der Waals surface area contributed by atoms with E-state index < -0.39 is 0 Å². The van der Waals surface area contributed by atoms with Crippen LogP contribution in [0, 0.1) is 0 Å². The SMILES string of the molecule is Nc1ccc(CNCc2cncs2)nc1. The molecular formula is C10H12N4S. The van der Waals surface area contributed by atoms with Crippen molar-refractivity contribution in [3.63, 3.8) is 0 Å². The lowest BCUT2D eigenvalue weighted by atomic mass is 10.3. The van der Waals surface area contributed by atoms with Crippen molar-refractivity contribution in [1.29, 1.82) is 0 Å². The predicted molar refractivity (Wildman–Crippen MR) is 61.3 cm³/mol. The number of nitrogens with two attached hydrogens (primary N) is 1. The van der Waals surface area contributed by atoms with Crippen LogP contribution in [0.15, 0.2) is 30.0 Å². The largest absolute Gasteiger partial charge is 0.397 e. The van der Waals surface area contributed by atoms with Gasteiger partial charge >= 0.3 is 0 Å². The van der Waals surface area contributed by atoms with Gasteiger partial charge in [-0.2, -0.15) is 0 Å². The second-order valence-electron chi connectivity index (χ2n) is 3.15. The molecule has 0 amide bonds. The van der Waals surface area contributed by atoms with E-state index in [4.69, 9.17) is 5.73 Å². The predicted octanol–water partition coefficient (Wildman–Crippen LogP) is 1.41. The fraction of sp³-hybridized carbons (Fsp3) is 0.200. The molecule has 15 heavy (non-hydrogen) atoms. The van der Waals surface area contributed by atoms with Crippen molar-refractivity contribution in [3.8, 4) is 0 Å². The van der Waals surface area contributed by atoms with E-state index >= 15 is 0 Å². The molecular weight excluding hydrogens is 208 g/mol. The molecule has 0 atom stereocenters. The molecule has 0 saturated heterocycles. The van der Waals surface area contributed by atoms with Crippen LogP contribution in [0.25, 0.3) is 0 Å². The average Bonchev–Trinajstić information content (AvgIpc) is 2.74. The molecule has 4 nitrogen and oxygen atoms in total. The molecule has 2 aromatic rings. The lowest BCUT2D eigenvalue weighted by Crippen LogP contribution is -2.12. The number of anilines is 1. The first-order valence-electron chi connectivity index (χ1n) is 4.63. The maximum Gasteiger partial charge on any atom is 0.0794 e. The van der Waals surface area contributed by atoms with Gasteiger partial charge in [-0.25, -0.2) is 0 Å². The molecule has 0 aliphatic heterocycles. The lowest BCUT2D eigenvalue weighted by Gasteiger charge is -2.02. The lowest BCUT2D eigenvalue weighted by molar-refractivity contribution is 0.686. The van der Waals surface area contributed by atoms with Crippen LogP contribution in [-0.4, -0.2) is 9.97 Å². The highest BCUT2D eigenvalue weighted by molar-refractivity contribution is 7.09. The van der Waals surface area contributed by atoms with E-state index in [0.717, 1.165) is 18.8 Å². The molecule has 0 aliphatic rings. The zero-order valence-electron chi connectivity index (χ0n) is 8.18. The molecule has 78 valence electrons. The number of thiazole rings is 1. The van der Waals surface area contributed by atoms with Crippen LogP contribution < -0.4 is 11.1 Å². The Kier molecular flexibility index (Phi) is 3.26. The third-order valence-electron chi connectivity index (χ3n) is 1.94. The van der Waals surface area contributed by atoms with Gasteiger partial charge in [0.1, 0.15) is 0 Å². The number of hydrogen-bond acceptors (Lipinski definition) is 5. The van der Waals surface area contributed by atoms with E-state index in [1.807, 2.05) is 23.8 Å². The number of rotatable bonds is 4. The molecule has 0 unspecified atom stereocenters. The van der Waals surface area contributed by atoms with Crippen molar-refractivity contribution in [2.75, 3.05) is 5.73 Å². The Morgan fingerprint density at radius 1 is 1.27 bits per heavy atom. The highest BCUT2D eigenvalue weighted by atomic mass is 32.1. The summed E-state index contributed by atoms with van der Waals surface area (Å²) in [5.74, 6) is 0. The van der Waals surface area contributed by atoms with Gasteiger partial charge in [0.05, 0.1) is 23.1 Å². The molecule has 2 rings (SSSR count). The van der Waals surface area contributed by atoms with Gasteiger partial charge in [-0.1, -0.05) is 0 Å². The first kappa shape index (κ1) is 10.1. The van der Waals surface area contributed by atoms with Crippen molar-refractivity contribution in [1.82, 2.24) is 15.3 Å². The highest BCUT2D eigenvalue weighted by Crippen LogP contribution is 2.05. The molecule has 0 aromatic carbocycles. The van der Waals surface area contributed by atoms with Gasteiger partial charge in [-0.05, 0) is 12.1 Å². The first-order chi connectivity index (χ1) is 7.34. The molecule has 2 heterocycles. The van der Waals surface area contributed by atoms with Crippen LogP contribution in [0.3, 0.4) is 0 Å². The minimum atomic E-state index is 0.696. The van der Waals surface area contributed by atoms with Crippen molar-refractivity contribution in [3.05, 3.63) is 40.6 Å². The normalized spacial score (nSPS) is 10.4. The Hall–Kier alpha value is -1.46. The number of nitrogen functional groups attached to an aromatic ring is 1. The van der Waals surface area contributed by atoms with Gasteiger partial charge in [0, 0.05) is 24.2 Å². The van der Waals surface area contributed by atoms with Crippen LogP contribution in [0.1, 0.15) is 10.6 Å². The van der Waals surface area contributed by atoms with E-state index in [1.165, 1.54) is 4.88 Å². The van der Waals surface area contributed by atoms with Gasteiger partial charge in [0.2, 0.25) is 0 Å². The summed E-state index contributed by atoms with van der Waals surface area (Å²) < 4.78 is 0. The Morgan fingerprint density at radius 3 is 2.87 bits per heavy atom. The van der Waals surface area contributed by atoms with E-state index in [9.17, 15) is 0 Å². The van der Waals surface area contributed by atoms with Gasteiger partial charge < -0.3 is 11.1 Å². The molecule has 3 N–H and O–H groups in total. The number of nitrogens with zero attached hydrogens (tertiary/aromatic N) is 2. The van der Waals surface area contributed by atoms with Crippen LogP contribution in [0.2, 0.25) is 0 Å². The Balaban J connectivity index is 1.81. The Morgan fingerprint density at radius 2 is 2.20 bits per heavy atom. The topological polar surface area (TPSA) is 63.8 Å². The standard InChI is InChI=1S/C10H12N4S/c11-8-1-2-9(14-3-8)4-12-5-10-6-13-7-15-10/h1-3,6-7,12H,4-5,11H2. The number of hydrogen-bond donors (Lipinski definition) is 2. The number of aromatic nitrogens is 2. The van der Waals surface area contributed by atoms with Crippen LogP contribution in [-0.2, 0) is 13.1 Å². The van der Waals surface area contributed by atoms with Gasteiger partial charge in [0.25, 0.3) is 0 Å². The molecule has 0 aliphatic carbocycles. The summed E-state index contributed by atoms with van der Waals surface area (Å²) in [6.07, 6.45) is 3.54. The van der Waals surface area contributed by atoms with E-state index in [1.54, 1.807) is 17.5 Å². The van der Waals surface area contributed by atoms with Gasteiger partial charge in [0.15, 0.2) is 0 Å². The molecule has 0 radical (unpaired) electrons. The zero-order chi connectivity index (χ0) is 10.5. The summed E-state index contributed by atoms with van der Waals surface area (Å²) in [6.45, 7) is 1.58. The minimum Gasteiger partial charge on any atom is -0.397 e. The zero-order valence-corrected chi connectivity index (χ0v) is 9.00. The first-order valence-corrected chi connectivity index (χ1v) is 5.51. The minimum absolute atomic E-state index is 0.696. The smallest absolute Gasteiger partial charge is 0.0794 e. The summed E-state index contributed by atoms with van der Waals surface area (Å²) in [6, 6.07) is 3.78. The Labute approximate surface area is 92.2 Å². The summed E-state index contributed by atoms with van der Waals surface area (Å²) >= 11 is 1.65. The Bertz CT molecular complexity index is 396. The van der Waals surface area contributed by atoms with Crippen LogP contribution in [0.4, 0.5) is 5.69 Å². The van der Waals surface area contributed by atoms with E-state index in [-0.39, 0.29) is 0 Å². The molecule has 5 heteroatoms. The van der Waals surface area contributed by atoms with Crippen LogP contribution >= 0.6 is 11.3 Å². The van der Waals surface area contributed by atoms with Crippen molar-refractivity contribution < 1.29 is 0 Å². The van der Waals surface area contributed by atoms with Crippen molar-refractivity contribution >= 4 is 17.0 Å². The van der Waals surface area contributed by atoms with Gasteiger partial charge in [-0.15, -0.1) is 11.3 Å². The maximum absolute atomic E-state index is 5.54. The van der Waals surface area contributed by atoms with Gasteiger partial charge in [-0.3, -0.25) is 9.97 Å². The average molecular weight is 220 g/mol. The third kappa shape index (κ3) is 3.00. The monoisotopic (exact) mass is 220 g/mol. The quantitative estimate of drug-likeness (QED) is 0.817. The number of nitrogens with one attached hydrogen (secondary N) is 1. The van der Waals surface area contributed by atoms with Crippen molar-refractivity contribution in [2.45, 2.75) is 13.1 Å². The van der Waals surface area contributed by atoms with E-state index in [2.05, 4.69) is 15.3 Å². The molecule has 0 fully saturated rings. The summed E-state index contributed by atoms with van der Waals surface area (Å²) in [7, 11) is 0. The summed E-state index contributed by atoms with van der Waals surface area (Å²) in [5.41, 5.74) is 9.06. The second kappa shape index (κ2) is 4.86. The highest BCUT2D eigenvalue weighted by Gasteiger charge is 1.96. The summed E-state index contributed by atoms with van der Waals surface area (Å²) in [5, 5.41) is 3.29. The summed E-state index contributed by atoms with van der Waals surface area (Å²) in [4.78, 5) is 9.43. The maximum atomic E-state index is 5.54. The molecule has 0 spiro atoms. The third-order valence-corrected chi connectivity index (χ3v) is 2.72. The fourth-order valence-electron chi connectivity index (χ4n) is 1.18. The van der Waals surface area contributed by atoms with Crippen LogP contribution in [0.5, 0.6) is 0 Å². The molecule has 0 saturated carbocycles. The van der Waals surface area contributed by atoms with E-state index in [0.29, 0.717) is 5.69 Å². The van der Waals surface area contributed by atoms with Crippen molar-refractivity contribution in [2.24, 2.45) is 0 Å². The molecule has 0 bridgehead atoms. The fourth-order valence-corrected chi connectivity index (χ4v) is 1.75. The molecule has 2 aromatic heterocycles.